The molecule has 1 aromatic heterocycles. The number of ether oxygens (including phenoxy) is 2. The molecule has 0 spiro atoms. The molecule has 8 nitrogen and oxygen atoms in total. The van der Waals surface area contributed by atoms with Crippen molar-refractivity contribution < 1.29 is 19.1 Å². The summed E-state index contributed by atoms with van der Waals surface area (Å²) in [5.74, 6) is 2.06. The lowest BCUT2D eigenvalue weighted by atomic mass is 9.78. The maximum atomic E-state index is 14.3. The van der Waals surface area contributed by atoms with Crippen molar-refractivity contribution in [2.75, 3.05) is 25.1 Å². The lowest BCUT2D eigenvalue weighted by Gasteiger charge is -2.36. The fourth-order valence-corrected chi connectivity index (χ4v) is 7.28. The van der Waals surface area contributed by atoms with Gasteiger partial charge < -0.3 is 19.7 Å². The number of rotatable bonds is 10. The predicted octanol–water partition coefficient (Wildman–Crippen LogP) is 7.81. The molecule has 0 aliphatic heterocycles. The van der Waals surface area contributed by atoms with Crippen molar-refractivity contribution in [3.05, 3.63) is 66.0 Å². The van der Waals surface area contributed by atoms with E-state index < -0.39 is 0 Å². The molecule has 3 fully saturated rings. The second kappa shape index (κ2) is 14.1. The van der Waals surface area contributed by atoms with Crippen LogP contribution in [0.4, 0.5) is 10.5 Å². The molecule has 3 aliphatic carbocycles. The van der Waals surface area contributed by atoms with Gasteiger partial charge in [-0.1, -0.05) is 24.3 Å². The van der Waals surface area contributed by atoms with Crippen molar-refractivity contribution >= 4 is 17.7 Å². The van der Waals surface area contributed by atoms with Crippen molar-refractivity contribution in [2.45, 2.75) is 96.1 Å². The number of nitrogens with zero attached hydrogens (tertiary/aromatic N) is 3. The third-order valence-electron chi connectivity index (χ3n) is 10.1. The Morgan fingerprint density at radius 3 is 2.42 bits per heavy atom. The average Bonchev–Trinajstić information content (AvgIpc) is 3.80. The minimum Gasteiger partial charge on any atom is -0.496 e. The van der Waals surface area contributed by atoms with Crippen molar-refractivity contribution in [1.82, 2.24) is 15.1 Å². The quantitative estimate of drug-likeness (QED) is 0.252. The molecule has 0 bridgehead atoms. The summed E-state index contributed by atoms with van der Waals surface area (Å²) < 4.78 is 13.1. The number of anilines is 1. The number of aryl methyl sites for hydroxylation is 1. The van der Waals surface area contributed by atoms with Crippen LogP contribution >= 0.6 is 0 Å². The third-order valence-corrected chi connectivity index (χ3v) is 10.1. The summed E-state index contributed by atoms with van der Waals surface area (Å²) >= 11 is 0. The molecule has 45 heavy (non-hydrogen) atoms. The smallest absolute Gasteiger partial charge is 0.407 e. The van der Waals surface area contributed by atoms with Crippen LogP contribution in [0.25, 0.3) is 11.1 Å². The van der Waals surface area contributed by atoms with E-state index in [2.05, 4.69) is 75.6 Å². The largest absolute Gasteiger partial charge is 0.496 e. The van der Waals surface area contributed by atoms with E-state index in [1.807, 2.05) is 13.1 Å². The first-order valence-electron chi connectivity index (χ1n) is 17.0. The Kier molecular flexibility index (Phi) is 9.76. The van der Waals surface area contributed by atoms with E-state index in [0.717, 1.165) is 67.6 Å². The zero-order valence-corrected chi connectivity index (χ0v) is 27.0. The van der Waals surface area contributed by atoms with Crippen LogP contribution in [-0.2, 0) is 9.53 Å². The Morgan fingerprint density at radius 2 is 1.73 bits per heavy atom. The van der Waals surface area contributed by atoms with Gasteiger partial charge in [-0.2, -0.15) is 5.10 Å². The SMILES string of the molecule is CCNC(=O)OC1CCC(C(=O)N(CC2CCC(c3ccc(OC)c(C)c3)CC2)c2cccc(-c3cnn(C4CC4)c3)c2)CC1. The number of hydrogen-bond acceptors (Lipinski definition) is 5. The highest BCUT2D eigenvalue weighted by molar-refractivity contribution is 5.95. The molecular weight excluding hydrogens is 564 g/mol. The number of hydrogen-bond donors (Lipinski definition) is 1. The lowest BCUT2D eigenvalue weighted by molar-refractivity contribution is -0.124. The molecule has 2 aromatic carbocycles. The number of aromatic nitrogens is 2. The minimum atomic E-state index is -0.365. The van der Waals surface area contributed by atoms with E-state index in [-0.39, 0.29) is 24.0 Å². The molecule has 2 amide bonds. The summed E-state index contributed by atoms with van der Waals surface area (Å²) in [5, 5.41) is 7.32. The van der Waals surface area contributed by atoms with E-state index in [4.69, 9.17) is 9.47 Å². The molecule has 0 atom stereocenters. The van der Waals surface area contributed by atoms with Crippen molar-refractivity contribution in [2.24, 2.45) is 11.8 Å². The summed E-state index contributed by atoms with van der Waals surface area (Å²) in [4.78, 5) is 28.4. The number of carbonyl (C=O) groups is 2. The monoisotopic (exact) mass is 612 g/mol. The van der Waals surface area contributed by atoms with Gasteiger partial charge in [0.25, 0.3) is 0 Å². The van der Waals surface area contributed by atoms with Gasteiger partial charge in [-0.3, -0.25) is 9.48 Å². The Hall–Kier alpha value is -3.81. The van der Waals surface area contributed by atoms with Gasteiger partial charge >= 0.3 is 6.09 Å². The fourth-order valence-electron chi connectivity index (χ4n) is 7.28. The van der Waals surface area contributed by atoms with Crippen LogP contribution in [0.3, 0.4) is 0 Å². The van der Waals surface area contributed by atoms with Gasteiger partial charge in [0.2, 0.25) is 5.91 Å². The molecule has 8 heteroatoms. The average molecular weight is 613 g/mol. The van der Waals surface area contributed by atoms with Gasteiger partial charge in [0, 0.05) is 36.5 Å². The molecule has 0 saturated heterocycles. The van der Waals surface area contributed by atoms with Gasteiger partial charge in [-0.25, -0.2) is 4.79 Å². The minimum absolute atomic E-state index is 0.0704. The Labute approximate surface area is 267 Å². The Balaban J connectivity index is 1.16. The van der Waals surface area contributed by atoms with Crippen LogP contribution in [-0.4, -0.2) is 48.1 Å². The number of amides is 2. The second-order valence-corrected chi connectivity index (χ2v) is 13.3. The van der Waals surface area contributed by atoms with E-state index >= 15 is 0 Å². The molecule has 6 rings (SSSR count). The molecule has 1 heterocycles. The topological polar surface area (TPSA) is 85.7 Å². The molecule has 1 N–H and O–H groups in total. The van der Waals surface area contributed by atoms with Gasteiger partial charge in [-0.15, -0.1) is 0 Å². The third kappa shape index (κ3) is 7.54. The zero-order valence-electron chi connectivity index (χ0n) is 27.0. The van der Waals surface area contributed by atoms with E-state index in [1.165, 1.54) is 24.0 Å². The number of nitrogens with one attached hydrogen (secondary N) is 1. The first-order valence-corrected chi connectivity index (χ1v) is 17.0. The highest BCUT2D eigenvalue weighted by atomic mass is 16.6. The van der Waals surface area contributed by atoms with E-state index in [0.29, 0.717) is 37.3 Å². The highest BCUT2D eigenvalue weighted by Gasteiger charge is 2.34. The molecule has 240 valence electrons. The molecule has 0 unspecified atom stereocenters. The molecule has 3 aliphatic rings. The van der Waals surface area contributed by atoms with Crippen LogP contribution in [0.15, 0.2) is 54.9 Å². The first-order chi connectivity index (χ1) is 21.9. The van der Waals surface area contributed by atoms with E-state index in [9.17, 15) is 9.59 Å². The normalized spacial score (nSPS) is 23.3. The maximum absolute atomic E-state index is 14.3. The second-order valence-electron chi connectivity index (χ2n) is 13.3. The molecule has 3 saturated carbocycles. The van der Waals surface area contributed by atoms with Gasteiger partial charge in [0.1, 0.15) is 11.9 Å². The standard InChI is InChI=1S/C37H48N4O4/c1-4-38-37(43)45-34-17-12-28(13-18-34)36(42)40(33-7-5-6-29(21-33)31-22-39-41(24-31)32-15-16-32)23-26-8-10-27(11-9-26)30-14-19-35(44-3)25(2)20-30/h5-7,14,19-22,24,26-28,32,34H,4,8-13,15-18,23H2,1-3H3,(H,38,43). The van der Waals surface area contributed by atoms with Crippen LogP contribution in [0, 0.1) is 18.8 Å². The molecule has 3 aromatic rings. The predicted molar refractivity (Wildman–Crippen MR) is 177 cm³/mol. The summed E-state index contributed by atoms with van der Waals surface area (Å²) in [6, 6.07) is 15.6. The van der Waals surface area contributed by atoms with E-state index in [1.54, 1.807) is 7.11 Å². The summed E-state index contributed by atoms with van der Waals surface area (Å²) in [6.45, 7) is 5.27. The van der Waals surface area contributed by atoms with Crippen LogP contribution in [0.1, 0.15) is 94.2 Å². The lowest BCUT2D eigenvalue weighted by Crippen LogP contribution is -2.42. The number of methoxy groups -OCH3 is 1. The maximum Gasteiger partial charge on any atom is 0.407 e. The van der Waals surface area contributed by atoms with Crippen molar-refractivity contribution in [3.8, 4) is 16.9 Å². The zero-order chi connectivity index (χ0) is 31.3. The number of carbonyl (C=O) groups excluding carboxylic acids is 2. The Morgan fingerprint density at radius 1 is 0.956 bits per heavy atom. The first kappa shape index (κ1) is 31.2. The Bertz CT molecular complexity index is 1460. The van der Waals surface area contributed by atoms with Crippen molar-refractivity contribution in [3.63, 3.8) is 0 Å². The van der Waals surface area contributed by atoms with Crippen LogP contribution in [0.5, 0.6) is 5.75 Å². The van der Waals surface area contributed by atoms with Gasteiger partial charge in [0.05, 0.1) is 19.3 Å². The number of benzene rings is 2. The van der Waals surface area contributed by atoms with Crippen LogP contribution in [0.2, 0.25) is 0 Å². The van der Waals surface area contributed by atoms with Crippen molar-refractivity contribution in [1.29, 1.82) is 0 Å². The molecule has 0 radical (unpaired) electrons. The highest BCUT2D eigenvalue weighted by Crippen LogP contribution is 2.40. The fraction of sp³-hybridized carbons (Fsp3) is 0.541. The van der Waals surface area contributed by atoms with Gasteiger partial charge in [-0.05, 0) is 125 Å². The summed E-state index contributed by atoms with van der Waals surface area (Å²) in [6.07, 6.45) is 13.3. The van der Waals surface area contributed by atoms with Crippen LogP contribution < -0.4 is 15.0 Å². The summed E-state index contributed by atoms with van der Waals surface area (Å²) in [5.41, 5.74) is 5.72. The van der Waals surface area contributed by atoms with Gasteiger partial charge in [0.15, 0.2) is 0 Å². The molecular formula is C37H48N4O4. The number of alkyl carbamates (subject to hydrolysis) is 1. The summed E-state index contributed by atoms with van der Waals surface area (Å²) in [7, 11) is 1.72.